The Bertz CT molecular complexity index is 874. The number of nitrogens with one attached hydrogen (secondary N) is 2. The van der Waals surface area contributed by atoms with Crippen LogP contribution in [0.15, 0.2) is 52.0 Å². The molecular formula is C20H22BrN3O5. The van der Waals surface area contributed by atoms with Crippen molar-refractivity contribution in [3.63, 3.8) is 0 Å². The lowest BCUT2D eigenvalue weighted by Crippen LogP contribution is -2.33. The van der Waals surface area contributed by atoms with Crippen molar-refractivity contribution < 1.29 is 24.2 Å². The maximum atomic E-state index is 12.3. The number of carbonyl (C=O) groups excluding carboxylic acids is 2. The molecular weight excluding hydrogens is 442 g/mol. The van der Waals surface area contributed by atoms with Crippen LogP contribution >= 0.6 is 15.9 Å². The molecule has 0 aliphatic carbocycles. The highest BCUT2D eigenvalue weighted by atomic mass is 79.9. The lowest BCUT2D eigenvalue weighted by atomic mass is 10.0. The van der Waals surface area contributed by atoms with Crippen LogP contribution in [-0.2, 0) is 9.53 Å². The highest BCUT2D eigenvalue weighted by Crippen LogP contribution is 2.32. The number of phenols is 1. The molecule has 0 bridgehead atoms. The fourth-order valence-corrected chi connectivity index (χ4v) is 2.96. The van der Waals surface area contributed by atoms with Crippen molar-refractivity contribution in [1.82, 2.24) is 10.7 Å². The first-order valence-electron chi connectivity index (χ1n) is 8.81. The first-order valence-corrected chi connectivity index (χ1v) is 9.60. The minimum atomic E-state index is -0.608. The van der Waals surface area contributed by atoms with Gasteiger partial charge in [-0.2, -0.15) is 5.10 Å². The zero-order valence-electron chi connectivity index (χ0n) is 16.0. The van der Waals surface area contributed by atoms with Crippen LogP contribution in [0.5, 0.6) is 11.5 Å². The number of benzene rings is 2. The number of carbonyl (C=O) groups is 2. The second-order valence-electron chi connectivity index (χ2n) is 5.87. The molecule has 8 nitrogen and oxygen atoms in total. The topological polar surface area (TPSA) is 109 Å². The Hall–Kier alpha value is -3.07. The number of alkyl carbamates (subject to hydrolysis) is 1. The number of rotatable bonds is 8. The molecule has 2 aromatic carbocycles. The minimum Gasteiger partial charge on any atom is -0.504 e. The summed E-state index contributed by atoms with van der Waals surface area (Å²) in [5.41, 5.74) is 3.51. The van der Waals surface area contributed by atoms with Gasteiger partial charge in [0.1, 0.15) is 0 Å². The third-order valence-corrected chi connectivity index (χ3v) is 4.30. The highest BCUT2D eigenvalue weighted by Gasteiger charge is 2.19. The number of hydrogen-bond acceptors (Lipinski definition) is 6. The van der Waals surface area contributed by atoms with E-state index in [4.69, 9.17) is 9.47 Å². The zero-order chi connectivity index (χ0) is 21.2. The van der Waals surface area contributed by atoms with Crippen LogP contribution < -0.4 is 15.5 Å². The lowest BCUT2D eigenvalue weighted by Gasteiger charge is -2.18. The van der Waals surface area contributed by atoms with Crippen molar-refractivity contribution >= 4 is 34.1 Å². The predicted molar refractivity (Wildman–Crippen MR) is 112 cm³/mol. The Morgan fingerprint density at radius 1 is 1.28 bits per heavy atom. The van der Waals surface area contributed by atoms with E-state index in [2.05, 4.69) is 31.8 Å². The fraction of sp³-hybridized carbons (Fsp3) is 0.250. The molecule has 0 aliphatic heterocycles. The fourth-order valence-electron chi connectivity index (χ4n) is 2.51. The van der Waals surface area contributed by atoms with Gasteiger partial charge in [0, 0.05) is 10.0 Å². The second-order valence-corrected chi connectivity index (χ2v) is 6.79. The van der Waals surface area contributed by atoms with E-state index in [0.29, 0.717) is 10.0 Å². The molecule has 0 fully saturated rings. The van der Waals surface area contributed by atoms with E-state index in [-0.39, 0.29) is 24.5 Å². The molecule has 0 radical (unpaired) electrons. The van der Waals surface area contributed by atoms with E-state index in [9.17, 15) is 14.7 Å². The van der Waals surface area contributed by atoms with E-state index in [1.807, 2.05) is 18.2 Å². The molecule has 1 atom stereocenters. The highest BCUT2D eigenvalue weighted by molar-refractivity contribution is 9.10. The zero-order valence-corrected chi connectivity index (χ0v) is 17.6. The number of halogens is 1. The van der Waals surface area contributed by atoms with E-state index >= 15 is 0 Å². The molecule has 3 N–H and O–H groups in total. The Morgan fingerprint density at radius 2 is 2.00 bits per heavy atom. The number of ether oxygens (including phenoxy) is 2. The molecule has 0 aromatic heterocycles. The summed E-state index contributed by atoms with van der Waals surface area (Å²) in [6.07, 6.45) is 0.647. The molecule has 2 amide bonds. The average molecular weight is 464 g/mol. The van der Waals surface area contributed by atoms with Crippen molar-refractivity contribution in [2.24, 2.45) is 5.10 Å². The van der Waals surface area contributed by atoms with Crippen molar-refractivity contribution in [1.29, 1.82) is 0 Å². The number of hydrazone groups is 1. The molecule has 2 aromatic rings. The molecule has 0 unspecified atom stereocenters. The van der Waals surface area contributed by atoms with Gasteiger partial charge in [-0.15, -0.1) is 0 Å². The summed E-state index contributed by atoms with van der Waals surface area (Å²) >= 11 is 3.31. The van der Waals surface area contributed by atoms with Gasteiger partial charge in [-0.1, -0.05) is 46.3 Å². The van der Waals surface area contributed by atoms with E-state index < -0.39 is 18.0 Å². The second kappa shape index (κ2) is 11.1. The van der Waals surface area contributed by atoms with E-state index in [0.717, 1.165) is 5.56 Å². The number of nitrogens with zero attached hydrogens (tertiary/aromatic N) is 1. The molecule has 0 saturated heterocycles. The van der Waals surface area contributed by atoms with Gasteiger partial charge < -0.3 is 19.9 Å². The summed E-state index contributed by atoms with van der Waals surface area (Å²) in [6.45, 7) is 1.92. The molecule has 0 saturated carbocycles. The monoisotopic (exact) mass is 463 g/mol. The maximum Gasteiger partial charge on any atom is 0.407 e. The predicted octanol–water partition coefficient (Wildman–Crippen LogP) is 3.49. The average Bonchev–Trinajstić information content (AvgIpc) is 2.70. The molecule has 0 spiro atoms. The first kappa shape index (κ1) is 22.2. The SMILES string of the molecule is CCOC(=O)N[C@H](CC(=O)N/N=C\c1cc(Br)cc(OC)c1O)c1ccccc1. The molecule has 0 heterocycles. The Morgan fingerprint density at radius 3 is 2.66 bits per heavy atom. The normalized spacial score (nSPS) is 11.7. The quantitative estimate of drug-likeness (QED) is 0.410. The van der Waals surface area contributed by atoms with Crippen molar-refractivity contribution in [3.8, 4) is 11.5 Å². The molecule has 2 rings (SSSR count). The third kappa shape index (κ3) is 6.79. The summed E-state index contributed by atoms with van der Waals surface area (Å²) in [7, 11) is 1.43. The van der Waals surface area contributed by atoms with Crippen LogP contribution in [0.4, 0.5) is 4.79 Å². The number of phenolic OH excluding ortho intramolecular Hbond substituents is 1. The summed E-state index contributed by atoms with van der Waals surface area (Å²) in [4.78, 5) is 24.1. The molecule has 0 aliphatic rings. The summed E-state index contributed by atoms with van der Waals surface area (Å²) < 4.78 is 10.7. The standard InChI is InChI=1S/C20H22BrN3O5/c1-3-29-20(27)23-16(13-7-5-4-6-8-13)11-18(25)24-22-12-14-9-15(21)10-17(28-2)19(14)26/h4-10,12,16,26H,3,11H2,1-2H3,(H,23,27)(H,24,25)/b22-12-/t16-/m1/s1. The Labute approximate surface area is 177 Å². The largest absolute Gasteiger partial charge is 0.504 e. The third-order valence-electron chi connectivity index (χ3n) is 3.84. The molecule has 29 heavy (non-hydrogen) atoms. The summed E-state index contributed by atoms with van der Waals surface area (Å²) in [6, 6.07) is 11.7. The Kier molecular flexibility index (Phi) is 8.47. The van der Waals surface area contributed by atoms with Gasteiger partial charge in [-0.3, -0.25) is 4.79 Å². The molecule has 9 heteroatoms. The van der Waals surface area contributed by atoms with Gasteiger partial charge in [-0.05, 0) is 24.6 Å². The lowest BCUT2D eigenvalue weighted by molar-refractivity contribution is -0.121. The van der Waals surface area contributed by atoms with Gasteiger partial charge in [0.2, 0.25) is 5.91 Å². The summed E-state index contributed by atoms with van der Waals surface area (Å²) in [5.74, 6) is -0.247. The van der Waals surface area contributed by atoms with Crippen LogP contribution in [0.2, 0.25) is 0 Å². The van der Waals surface area contributed by atoms with Crippen LogP contribution in [0.25, 0.3) is 0 Å². The number of amides is 2. The Balaban J connectivity index is 2.05. The number of aromatic hydroxyl groups is 1. The van der Waals surface area contributed by atoms with Crippen LogP contribution in [0.1, 0.15) is 30.5 Å². The molecule has 154 valence electrons. The van der Waals surface area contributed by atoms with E-state index in [1.54, 1.807) is 31.2 Å². The first-order chi connectivity index (χ1) is 13.9. The van der Waals surface area contributed by atoms with Gasteiger partial charge in [0.25, 0.3) is 0 Å². The number of methoxy groups -OCH3 is 1. The smallest absolute Gasteiger partial charge is 0.407 e. The summed E-state index contributed by atoms with van der Waals surface area (Å²) in [5, 5.41) is 16.7. The van der Waals surface area contributed by atoms with Crippen LogP contribution in [-0.4, -0.2) is 37.0 Å². The maximum absolute atomic E-state index is 12.3. The van der Waals surface area contributed by atoms with E-state index in [1.165, 1.54) is 13.3 Å². The van der Waals surface area contributed by atoms with Crippen LogP contribution in [0.3, 0.4) is 0 Å². The van der Waals surface area contributed by atoms with Crippen molar-refractivity contribution in [2.45, 2.75) is 19.4 Å². The van der Waals surface area contributed by atoms with Crippen molar-refractivity contribution in [2.75, 3.05) is 13.7 Å². The van der Waals surface area contributed by atoms with Crippen molar-refractivity contribution in [3.05, 3.63) is 58.1 Å². The minimum absolute atomic E-state index is 0.0477. The van der Waals surface area contributed by atoms with Gasteiger partial charge in [-0.25, -0.2) is 10.2 Å². The van der Waals surface area contributed by atoms with Gasteiger partial charge in [0.05, 0.1) is 32.4 Å². The van der Waals surface area contributed by atoms with Crippen LogP contribution in [0, 0.1) is 0 Å². The van der Waals surface area contributed by atoms with Gasteiger partial charge >= 0.3 is 6.09 Å². The number of hydrogen-bond donors (Lipinski definition) is 3. The van der Waals surface area contributed by atoms with Gasteiger partial charge in [0.15, 0.2) is 11.5 Å².